The van der Waals surface area contributed by atoms with E-state index >= 15 is 0 Å². The molecule has 22 heavy (non-hydrogen) atoms. The highest BCUT2D eigenvalue weighted by Gasteiger charge is 2.54. The molecule has 0 saturated carbocycles. The average molecular weight is 299 g/mol. The van der Waals surface area contributed by atoms with E-state index in [0.717, 1.165) is 4.57 Å². The Kier molecular flexibility index (Phi) is 2.40. The summed E-state index contributed by atoms with van der Waals surface area (Å²) < 4.78 is 8.49. The summed E-state index contributed by atoms with van der Waals surface area (Å²) in [5.41, 5.74) is -1.72. The van der Waals surface area contributed by atoms with Gasteiger partial charge in [-0.2, -0.15) is 0 Å². The number of nitrogens with zero attached hydrogens (tertiary/aromatic N) is 3. The molecule has 2 heterocycles. The van der Waals surface area contributed by atoms with Crippen LogP contribution in [0.4, 0.5) is 0 Å². The molecule has 2 atom stereocenters. The van der Waals surface area contributed by atoms with Crippen LogP contribution in [-0.2, 0) is 15.1 Å². The van der Waals surface area contributed by atoms with Crippen LogP contribution >= 0.6 is 0 Å². The highest BCUT2D eigenvalue weighted by atomic mass is 16.5. The van der Waals surface area contributed by atoms with E-state index in [0.29, 0.717) is 12.1 Å². The topological polar surface area (TPSA) is 75.2 Å². The molecule has 2 aromatic rings. The number of aromatic nitrogens is 3. The van der Waals surface area contributed by atoms with Crippen molar-refractivity contribution in [3.05, 3.63) is 63.5 Å². The molecule has 1 aromatic carbocycles. The van der Waals surface area contributed by atoms with Crippen molar-refractivity contribution in [2.45, 2.75) is 18.0 Å². The summed E-state index contributed by atoms with van der Waals surface area (Å²) >= 11 is 0. The van der Waals surface area contributed by atoms with E-state index < -0.39 is 22.9 Å². The lowest BCUT2D eigenvalue weighted by Crippen LogP contribution is -2.45. The molecular formula is C15H13N3O4. The van der Waals surface area contributed by atoms with Crippen molar-refractivity contribution in [3.8, 4) is 5.69 Å². The van der Waals surface area contributed by atoms with Crippen LogP contribution in [0.2, 0.25) is 0 Å². The zero-order valence-electron chi connectivity index (χ0n) is 11.8. The summed E-state index contributed by atoms with van der Waals surface area (Å²) in [5, 5.41) is 0. The van der Waals surface area contributed by atoms with Gasteiger partial charge < -0.3 is 4.74 Å². The minimum atomic E-state index is -1.21. The smallest absolute Gasteiger partial charge is 0.353 e. The normalized spacial score (nSPS) is 24.5. The van der Waals surface area contributed by atoms with E-state index in [1.165, 1.54) is 16.5 Å². The number of esters is 1. The van der Waals surface area contributed by atoms with Gasteiger partial charge in [0.1, 0.15) is 0 Å². The Morgan fingerprint density at radius 3 is 2.64 bits per heavy atom. The molecule has 1 aromatic heterocycles. The third-order valence-electron chi connectivity index (χ3n) is 4.34. The summed E-state index contributed by atoms with van der Waals surface area (Å²) in [6, 6.07) is 8.36. The Morgan fingerprint density at radius 1 is 1.23 bits per heavy atom. The number of carbonyl (C=O) groups excluding carboxylic acids is 1. The molecule has 4 rings (SSSR count). The van der Waals surface area contributed by atoms with Crippen LogP contribution in [-0.4, -0.2) is 27.0 Å². The minimum absolute atomic E-state index is 0.302. The predicted molar refractivity (Wildman–Crippen MR) is 77.1 cm³/mol. The Balaban J connectivity index is 2.03. The van der Waals surface area contributed by atoms with Gasteiger partial charge in [-0.15, -0.1) is 0 Å². The van der Waals surface area contributed by atoms with Gasteiger partial charge in [0, 0.05) is 6.42 Å². The monoisotopic (exact) mass is 299 g/mol. The molecule has 7 nitrogen and oxygen atoms in total. The maximum atomic E-state index is 12.8. The molecule has 0 saturated heterocycles. The number of hydrogen-bond donors (Lipinski definition) is 0. The first-order valence-electron chi connectivity index (χ1n) is 6.90. The molecule has 1 aliphatic heterocycles. The molecule has 0 spiro atoms. The highest BCUT2D eigenvalue weighted by Crippen LogP contribution is 2.42. The fraction of sp³-hybridized carbons (Fsp3) is 0.267. The van der Waals surface area contributed by atoms with Gasteiger partial charge in [0.2, 0.25) is 0 Å². The molecule has 0 unspecified atom stereocenters. The van der Waals surface area contributed by atoms with Crippen molar-refractivity contribution < 1.29 is 9.53 Å². The van der Waals surface area contributed by atoms with E-state index in [1.807, 2.05) is 0 Å². The molecule has 0 fully saturated rings. The van der Waals surface area contributed by atoms with Crippen LogP contribution in [0.15, 0.2) is 52.1 Å². The van der Waals surface area contributed by atoms with Gasteiger partial charge in [-0.05, 0) is 18.2 Å². The van der Waals surface area contributed by atoms with Gasteiger partial charge in [0.15, 0.2) is 5.54 Å². The number of rotatable bonds is 2. The van der Waals surface area contributed by atoms with E-state index in [1.54, 1.807) is 42.5 Å². The van der Waals surface area contributed by atoms with Gasteiger partial charge in [0.05, 0.1) is 18.8 Å². The first kappa shape index (κ1) is 12.9. The van der Waals surface area contributed by atoms with Gasteiger partial charge >= 0.3 is 17.3 Å². The quantitative estimate of drug-likeness (QED) is 0.586. The second-order valence-corrected chi connectivity index (χ2v) is 5.44. The zero-order valence-corrected chi connectivity index (χ0v) is 11.8. The second-order valence-electron chi connectivity index (χ2n) is 5.44. The van der Waals surface area contributed by atoms with E-state index in [-0.39, 0.29) is 6.04 Å². The van der Waals surface area contributed by atoms with Crippen molar-refractivity contribution in [2.24, 2.45) is 0 Å². The number of hydrogen-bond acceptors (Lipinski definition) is 4. The highest BCUT2D eigenvalue weighted by molar-refractivity contribution is 5.82. The summed E-state index contributed by atoms with van der Waals surface area (Å²) in [6.45, 7) is 0. The predicted octanol–water partition coefficient (Wildman–Crippen LogP) is 0.184. The number of fused-ring (bicyclic) bond motifs is 5. The Morgan fingerprint density at radius 2 is 1.95 bits per heavy atom. The van der Waals surface area contributed by atoms with E-state index in [2.05, 4.69) is 0 Å². The Labute approximate surface area is 124 Å². The number of ether oxygens (including phenoxy) is 1. The number of methoxy groups -OCH3 is 1. The van der Waals surface area contributed by atoms with Crippen LogP contribution in [0.3, 0.4) is 0 Å². The number of benzene rings is 1. The van der Waals surface area contributed by atoms with Crippen LogP contribution in [0.25, 0.3) is 5.69 Å². The number of allylic oxidation sites excluding steroid dienone is 1. The largest absolute Gasteiger partial charge is 0.467 e. The Hall–Kier alpha value is -2.83. The SMILES string of the molecule is COC(=O)[C@@]12C=C[C@H](C1)n1c(=O)n(-c3ccccc3)c(=O)n12. The molecule has 0 N–H and O–H groups in total. The number of carbonyl (C=O) groups is 1. The second kappa shape index (κ2) is 4.09. The first-order valence-corrected chi connectivity index (χ1v) is 6.90. The minimum Gasteiger partial charge on any atom is -0.467 e. The summed E-state index contributed by atoms with van der Waals surface area (Å²) in [5.74, 6) is -0.537. The van der Waals surface area contributed by atoms with E-state index in [4.69, 9.17) is 4.74 Å². The maximum Gasteiger partial charge on any atom is 0.353 e. The molecule has 0 amide bonds. The first-order chi connectivity index (χ1) is 10.6. The standard InChI is InChI=1S/C15H13N3O4/c1-22-12(19)15-8-7-11(9-15)17-13(20)16(14(21)18(15)17)10-5-3-2-4-6-10/h2-8,11H,9H2,1H3/t11-,15-/m1/s1. The van der Waals surface area contributed by atoms with Gasteiger partial charge in [0.25, 0.3) is 0 Å². The van der Waals surface area contributed by atoms with Crippen molar-refractivity contribution in [3.63, 3.8) is 0 Å². The fourth-order valence-electron chi connectivity index (χ4n) is 3.37. The molecule has 1 aliphatic carbocycles. The van der Waals surface area contributed by atoms with Gasteiger partial charge in [-0.3, -0.25) is 0 Å². The molecule has 0 radical (unpaired) electrons. The zero-order chi connectivity index (χ0) is 15.5. The van der Waals surface area contributed by atoms with Crippen molar-refractivity contribution in [1.29, 1.82) is 0 Å². The van der Waals surface area contributed by atoms with Crippen molar-refractivity contribution in [1.82, 2.24) is 13.9 Å². The molecule has 2 bridgehead atoms. The summed E-state index contributed by atoms with van der Waals surface area (Å²) in [6.07, 6.45) is 3.77. The van der Waals surface area contributed by atoms with Crippen LogP contribution in [0, 0.1) is 0 Å². The number of para-hydroxylation sites is 1. The van der Waals surface area contributed by atoms with E-state index in [9.17, 15) is 14.4 Å². The van der Waals surface area contributed by atoms with Crippen molar-refractivity contribution >= 4 is 5.97 Å². The third-order valence-corrected chi connectivity index (χ3v) is 4.34. The summed E-state index contributed by atoms with van der Waals surface area (Å²) in [4.78, 5) is 37.6. The fourth-order valence-corrected chi connectivity index (χ4v) is 3.37. The molecule has 2 aliphatic rings. The van der Waals surface area contributed by atoms with Gasteiger partial charge in [-0.1, -0.05) is 24.3 Å². The average Bonchev–Trinajstić information content (AvgIpc) is 3.19. The lowest BCUT2D eigenvalue weighted by Gasteiger charge is -2.21. The third kappa shape index (κ3) is 1.33. The maximum absolute atomic E-state index is 12.8. The lowest BCUT2D eigenvalue weighted by molar-refractivity contribution is -0.148. The van der Waals surface area contributed by atoms with Crippen LogP contribution in [0.1, 0.15) is 12.5 Å². The lowest BCUT2D eigenvalue weighted by atomic mass is 10.0. The molecular weight excluding hydrogens is 286 g/mol. The van der Waals surface area contributed by atoms with Crippen LogP contribution < -0.4 is 11.4 Å². The molecule has 112 valence electrons. The van der Waals surface area contributed by atoms with Gasteiger partial charge in [-0.25, -0.2) is 28.3 Å². The molecule has 7 heteroatoms. The Bertz CT molecular complexity index is 918. The van der Waals surface area contributed by atoms with Crippen LogP contribution in [0.5, 0.6) is 0 Å². The van der Waals surface area contributed by atoms with Crippen molar-refractivity contribution in [2.75, 3.05) is 7.11 Å². The summed E-state index contributed by atoms with van der Waals surface area (Å²) in [7, 11) is 1.28.